The summed E-state index contributed by atoms with van der Waals surface area (Å²) in [7, 11) is 1.66. The van der Waals surface area contributed by atoms with E-state index < -0.39 is 0 Å². The second-order valence-corrected chi connectivity index (χ2v) is 9.07. The minimum Gasteiger partial charge on any atom is -0.497 e. The van der Waals surface area contributed by atoms with E-state index in [0.29, 0.717) is 13.2 Å². The molecule has 0 spiro atoms. The number of ether oxygens (including phenoxy) is 2. The Kier molecular flexibility index (Phi) is 6.65. The van der Waals surface area contributed by atoms with Gasteiger partial charge in [-0.3, -0.25) is 0 Å². The average Bonchev–Trinajstić information content (AvgIpc) is 3.45. The standard InChI is InChI=1S/C27H26FN3O2S/c1-32-23-10-3-18(4-11-23)16-33-17-22-9-12-24-30-26(19-5-7-21(28)8-6-19)27(31(22)24)20-13-14-29-25(15-20)34-2/h3-8,10-11,13-15,22H,9,12,16-17H2,1-2H3. The number of benzene rings is 2. The first-order valence-electron chi connectivity index (χ1n) is 11.2. The van der Waals surface area contributed by atoms with Gasteiger partial charge in [-0.1, -0.05) is 12.1 Å². The van der Waals surface area contributed by atoms with Crippen molar-refractivity contribution in [3.63, 3.8) is 0 Å². The lowest BCUT2D eigenvalue weighted by molar-refractivity contribution is 0.0925. The lowest BCUT2D eigenvalue weighted by atomic mass is 10.0. The number of methoxy groups -OCH3 is 1. The van der Waals surface area contributed by atoms with Crippen LogP contribution in [0.5, 0.6) is 5.75 Å². The molecule has 0 aliphatic carbocycles. The number of thioether (sulfide) groups is 1. The number of imidazole rings is 1. The Bertz CT molecular complexity index is 1270. The highest BCUT2D eigenvalue weighted by atomic mass is 32.2. The van der Waals surface area contributed by atoms with E-state index in [1.807, 2.05) is 42.8 Å². The molecule has 0 saturated carbocycles. The van der Waals surface area contributed by atoms with E-state index in [9.17, 15) is 4.39 Å². The molecule has 2 aromatic heterocycles. The van der Waals surface area contributed by atoms with Crippen LogP contribution in [0.1, 0.15) is 23.9 Å². The number of rotatable bonds is 8. The van der Waals surface area contributed by atoms with E-state index in [2.05, 4.69) is 15.6 Å². The van der Waals surface area contributed by atoms with Crippen molar-refractivity contribution in [2.45, 2.75) is 30.5 Å². The summed E-state index contributed by atoms with van der Waals surface area (Å²) >= 11 is 1.61. The zero-order chi connectivity index (χ0) is 23.5. The van der Waals surface area contributed by atoms with E-state index in [1.165, 1.54) is 12.1 Å². The molecule has 34 heavy (non-hydrogen) atoms. The minimum atomic E-state index is -0.254. The van der Waals surface area contributed by atoms with Crippen LogP contribution in [-0.4, -0.2) is 34.5 Å². The van der Waals surface area contributed by atoms with Crippen LogP contribution in [0.4, 0.5) is 4.39 Å². The predicted molar refractivity (Wildman–Crippen MR) is 133 cm³/mol. The topological polar surface area (TPSA) is 49.2 Å². The molecule has 0 N–H and O–H groups in total. The second kappa shape index (κ2) is 9.99. The number of halogens is 1. The summed E-state index contributed by atoms with van der Waals surface area (Å²) in [5.41, 5.74) is 4.97. The van der Waals surface area contributed by atoms with E-state index in [-0.39, 0.29) is 11.9 Å². The third kappa shape index (κ3) is 4.58. The van der Waals surface area contributed by atoms with Gasteiger partial charge in [0.1, 0.15) is 17.4 Å². The van der Waals surface area contributed by atoms with E-state index >= 15 is 0 Å². The first kappa shape index (κ1) is 22.6. The maximum atomic E-state index is 13.6. The van der Waals surface area contributed by atoms with Gasteiger partial charge in [-0.15, -0.1) is 11.8 Å². The minimum absolute atomic E-state index is 0.177. The molecular formula is C27H26FN3O2S. The summed E-state index contributed by atoms with van der Waals surface area (Å²) in [6.45, 7) is 1.13. The molecule has 1 aliphatic heterocycles. The molecule has 7 heteroatoms. The molecule has 174 valence electrons. The highest BCUT2D eigenvalue weighted by molar-refractivity contribution is 7.98. The Morgan fingerprint density at radius 2 is 1.85 bits per heavy atom. The highest BCUT2D eigenvalue weighted by Crippen LogP contribution is 2.40. The van der Waals surface area contributed by atoms with Crippen LogP contribution < -0.4 is 4.74 Å². The normalized spacial score (nSPS) is 14.9. The molecule has 5 rings (SSSR count). The lowest BCUT2D eigenvalue weighted by Gasteiger charge is -2.18. The fourth-order valence-corrected chi connectivity index (χ4v) is 4.83. The van der Waals surface area contributed by atoms with Gasteiger partial charge in [-0.2, -0.15) is 0 Å². The first-order chi connectivity index (χ1) is 16.7. The first-order valence-corrected chi connectivity index (χ1v) is 12.5. The van der Waals surface area contributed by atoms with Gasteiger partial charge in [-0.25, -0.2) is 14.4 Å². The monoisotopic (exact) mass is 475 g/mol. The van der Waals surface area contributed by atoms with Crippen molar-refractivity contribution in [3.05, 3.63) is 84.1 Å². The Morgan fingerprint density at radius 3 is 2.59 bits per heavy atom. The van der Waals surface area contributed by atoms with Crippen molar-refractivity contribution in [2.75, 3.05) is 20.0 Å². The molecule has 0 radical (unpaired) electrons. The molecule has 4 aromatic rings. The molecule has 1 atom stereocenters. The van der Waals surface area contributed by atoms with Crippen molar-refractivity contribution < 1.29 is 13.9 Å². The van der Waals surface area contributed by atoms with Gasteiger partial charge in [0, 0.05) is 23.7 Å². The van der Waals surface area contributed by atoms with Gasteiger partial charge in [0.05, 0.1) is 42.8 Å². The third-order valence-electron chi connectivity index (χ3n) is 6.12. The fraction of sp³-hybridized carbons (Fsp3) is 0.259. The Hall–Kier alpha value is -3.16. The van der Waals surface area contributed by atoms with E-state index in [4.69, 9.17) is 14.5 Å². The van der Waals surface area contributed by atoms with Crippen LogP contribution in [0.25, 0.3) is 22.5 Å². The summed E-state index contributed by atoms with van der Waals surface area (Å²) in [6.07, 6.45) is 5.71. The Labute approximate surface area is 203 Å². The Balaban J connectivity index is 1.46. The molecule has 1 unspecified atom stereocenters. The smallest absolute Gasteiger partial charge is 0.123 e. The number of aromatic nitrogens is 3. The maximum absolute atomic E-state index is 13.6. The molecule has 3 heterocycles. The molecule has 1 aliphatic rings. The van der Waals surface area contributed by atoms with Gasteiger partial charge >= 0.3 is 0 Å². The zero-order valence-electron chi connectivity index (χ0n) is 19.2. The van der Waals surface area contributed by atoms with Crippen LogP contribution in [0.3, 0.4) is 0 Å². The van der Waals surface area contributed by atoms with Gasteiger partial charge in [-0.05, 0) is 66.8 Å². The summed E-state index contributed by atoms with van der Waals surface area (Å²) in [5, 5.41) is 0.948. The van der Waals surface area contributed by atoms with Crippen molar-refractivity contribution in [1.29, 1.82) is 0 Å². The number of pyridine rings is 1. The molecule has 0 amide bonds. The summed E-state index contributed by atoms with van der Waals surface area (Å²) < 4.78 is 27.3. The fourth-order valence-electron chi connectivity index (χ4n) is 4.42. The summed E-state index contributed by atoms with van der Waals surface area (Å²) in [6, 6.07) is 18.8. The Morgan fingerprint density at radius 1 is 1.06 bits per heavy atom. The second-order valence-electron chi connectivity index (χ2n) is 8.24. The maximum Gasteiger partial charge on any atom is 0.123 e. The molecule has 2 aromatic carbocycles. The molecule has 0 bridgehead atoms. The quantitative estimate of drug-likeness (QED) is 0.285. The largest absolute Gasteiger partial charge is 0.497 e. The van der Waals surface area contributed by atoms with Crippen LogP contribution in [0.2, 0.25) is 0 Å². The van der Waals surface area contributed by atoms with Gasteiger partial charge < -0.3 is 14.0 Å². The molecule has 0 fully saturated rings. The van der Waals surface area contributed by atoms with Crippen LogP contribution in [-0.2, 0) is 17.8 Å². The van der Waals surface area contributed by atoms with Crippen LogP contribution in [0.15, 0.2) is 71.9 Å². The van der Waals surface area contributed by atoms with Crippen molar-refractivity contribution in [2.24, 2.45) is 0 Å². The van der Waals surface area contributed by atoms with Gasteiger partial charge in [0.25, 0.3) is 0 Å². The van der Waals surface area contributed by atoms with Gasteiger partial charge in [0.2, 0.25) is 0 Å². The number of fused-ring (bicyclic) bond motifs is 1. The number of hydrogen-bond donors (Lipinski definition) is 0. The number of aryl methyl sites for hydroxylation is 1. The third-order valence-corrected chi connectivity index (χ3v) is 6.77. The predicted octanol–water partition coefficient (Wildman–Crippen LogP) is 6.19. The van der Waals surface area contributed by atoms with Gasteiger partial charge in [0.15, 0.2) is 0 Å². The van der Waals surface area contributed by atoms with Crippen molar-refractivity contribution in [1.82, 2.24) is 14.5 Å². The number of nitrogens with zero attached hydrogens (tertiary/aromatic N) is 3. The lowest BCUT2D eigenvalue weighted by Crippen LogP contribution is -2.13. The summed E-state index contributed by atoms with van der Waals surface area (Å²) in [4.78, 5) is 9.44. The molecule has 5 nitrogen and oxygen atoms in total. The van der Waals surface area contributed by atoms with Crippen molar-refractivity contribution in [3.8, 4) is 28.3 Å². The average molecular weight is 476 g/mol. The highest BCUT2D eigenvalue weighted by Gasteiger charge is 2.30. The number of hydrogen-bond acceptors (Lipinski definition) is 5. The SMILES string of the molecule is COc1ccc(COCC2CCc3nc(-c4ccc(F)cc4)c(-c4ccnc(SC)c4)n32)cc1. The molecular weight excluding hydrogens is 449 g/mol. The van der Waals surface area contributed by atoms with Crippen LogP contribution in [0, 0.1) is 5.82 Å². The van der Waals surface area contributed by atoms with Crippen molar-refractivity contribution >= 4 is 11.8 Å². The van der Waals surface area contributed by atoms with E-state index in [1.54, 1.807) is 31.0 Å². The summed E-state index contributed by atoms with van der Waals surface area (Å²) in [5.74, 6) is 1.62. The molecule has 0 saturated heterocycles. The van der Waals surface area contributed by atoms with Crippen LogP contribution >= 0.6 is 11.8 Å². The zero-order valence-corrected chi connectivity index (χ0v) is 20.0. The van der Waals surface area contributed by atoms with E-state index in [0.717, 1.165) is 57.5 Å².